The third-order valence-electron chi connectivity index (χ3n) is 6.54. The van der Waals surface area contributed by atoms with E-state index in [0.717, 1.165) is 4.31 Å². The van der Waals surface area contributed by atoms with Crippen LogP contribution in [0, 0.1) is 16.0 Å². The normalized spacial score (nSPS) is 11.9. The number of benzene rings is 3. The first-order valence-electron chi connectivity index (χ1n) is 13.5. The van der Waals surface area contributed by atoms with Crippen LogP contribution in [-0.2, 0) is 26.2 Å². The average Bonchev–Trinajstić information content (AvgIpc) is 2.99. The number of hydrogen-bond acceptors (Lipinski definition) is 7. The molecule has 1 atom stereocenters. The first kappa shape index (κ1) is 32.1. The minimum Gasteiger partial charge on any atom is -0.497 e. The van der Waals surface area contributed by atoms with Gasteiger partial charge < -0.3 is 15.0 Å². The number of non-ortho nitro benzene ring substituents is 1. The molecule has 224 valence electrons. The maximum absolute atomic E-state index is 14.1. The number of sulfonamides is 1. The molecule has 2 amide bonds. The Kier molecular flexibility index (Phi) is 11.0. The number of ether oxygens (including phenoxy) is 1. The van der Waals surface area contributed by atoms with E-state index in [1.165, 1.54) is 48.4 Å². The molecule has 0 saturated carbocycles. The molecule has 0 unspecified atom stereocenters. The highest BCUT2D eigenvalue weighted by Crippen LogP contribution is 2.27. The Bertz CT molecular complexity index is 1460. The number of nitro benzene ring substituents is 1. The van der Waals surface area contributed by atoms with Crippen molar-refractivity contribution in [1.29, 1.82) is 0 Å². The van der Waals surface area contributed by atoms with Gasteiger partial charge in [0.05, 0.1) is 22.6 Å². The summed E-state index contributed by atoms with van der Waals surface area (Å²) in [5.74, 6) is -0.154. The molecule has 0 aromatic heterocycles. The highest BCUT2D eigenvalue weighted by molar-refractivity contribution is 7.92. The summed E-state index contributed by atoms with van der Waals surface area (Å²) >= 11 is 0. The van der Waals surface area contributed by atoms with Crippen molar-refractivity contribution in [1.82, 2.24) is 10.2 Å². The molecule has 11 nitrogen and oxygen atoms in total. The van der Waals surface area contributed by atoms with Crippen molar-refractivity contribution in [2.24, 2.45) is 5.92 Å². The third kappa shape index (κ3) is 8.06. The fraction of sp³-hybridized carbons (Fsp3) is 0.333. The second-order valence-electron chi connectivity index (χ2n) is 10.0. The predicted molar refractivity (Wildman–Crippen MR) is 160 cm³/mol. The lowest BCUT2D eigenvalue weighted by atomic mass is 10.1. The summed E-state index contributed by atoms with van der Waals surface area (Å²) in [5, 5.41) is 14.1. The van der Waals surface area contributed by atoms with Gasteiger partial charge in [-0.05, 0) is 54.3 Å². The van der Waals surface area contributed by atoms with Crippen molar-refractivity contribution in [3.8, 4) is 5.75 Å². The third-order valence-corrected chi connectivity index (χ3v) is 8.33. The van der Waals surface area contributed by atoms with Crippen LogP contribution in [-0.4, -0.2) is 56.3 Å². The van der Waals surface area contributed by atoms with Crippen LogP contribution in [0.5, 0.6) is 5.75 Å². The predicted octanol–water partition coefficient (Wildman–Crippen LogP) is 4.38. The number of anilines is 1. The highest BCUT2D eigenvalue weighted by atomic mass is 32.2. The van der Waals surface area contributed by atoms with Crippen LogP contribution in [0.3, 0.4) is 0 Å². The molecule has 0 spiro atoms. The molecule has 0 heterocycles. The Morgan fingerprint density at radius 2 is 1.60 bits per heavy atom. The van der Waals surface area contributed by atoms with E-state index in [1.54, 1.807) is 49.4 Å². The van der Waals surface area contributed by atoms with Crippen LogP contribution in [0.25, 0.3) is 0 Å². The first-order valence-corrected chi connectivity index (χ1v) is 14.9. The Labute approximate surface area is 246 Å². The number of amides is 2. The molecule has 3 rings (SSSR count). The Balaban J connectivity index is 2.05. The fourth-order valence-electron chi connectivity index (χ4n) is 4.26. The summed E-state index contributed by atoms with van der Waals surface area (Å²) in [5.41, 5.74) is 0.558. The van der Waals surface area contributed by atoms with Crippen LogP contribution >= 0.6 is 0 Å². The zero-order chi connectivity index (χ0) is 30.9. The molecule has 0 aliphatic carbocycles. The van der Waals surface area contributed by atoms with Crippen molar-refractivity contribution in [2.45, 2.75) is 44.7 Å². The number of hydrogen-bond donors (Lipinski definition) is 1. The molecule has 0 aliphatic rings. The maximum atomic E-state index is 14.1. The minimum absolute atomic E-state index is 0.0376. The van der Waals surface area contributed by atoms with Gasteiger partial charge in [0.1, 0.15) is 18.3 Å². The number of rotatable bonds is 14. The molecule has 3 aromatic rings. The van der Waals surface area contributed by atoms with Crippen molar-refractivity contribution in [2.75, 3.05) is 24.5 Å². The van der Waals surface area contributed by atoms with E-state index >= 15 is 0 Å². The Hall–Kier alpha value is -4.45. The van der Waals surface area contributed by atoms with E-state index in [0.29, 0.717) is 17.9 Å². The monoisotopic (exact) mass is 596 g/mol. The van der Waals surface area contributed by atoms with Crippen LogP contribution in [0.2, 0.25) is 0 Å². The number of methoxy groups -OCH3 is 1. The van der Waals surface area contributed by atoms with Gasteiger partial charge in [0.15, 0.2) is 0 Å². The van der Waals surface area contributed by atoms with Crippen LogP contribution < -0.4 is 14.4 Å². The van der Waals surface area contributed by atoms with Gasteiger partial charge >= 0.3 is 0 Å². The van der Waals surface area contributed by atoms with Crippen molar-refractivity contribution < 1.29 is 27.7 Å². The smallest absolute Gasteiger partial charge is 0.269 e. The van der Waals surface area contributed by atoms with Crippen molar-refractivity contribution in [3.63, 3.8) is 0 Å². The molecular formula is C30H36N4O7S. The number of nitrogens with one attached hydrogen (secondary N) is 1. The SMILES string of the molecule is CC[C@H](C(=O)NCC(C)C)N(Cc1ccc(OC)cc1)C(=O)CN(c1ccc([N+](=O)[O-])cc1)S(=O)(=O)c1ccccc1. The summed E-state index contributed by atoms with van der Waals surface area (Å²) < 4.78 is 33.8. The van der Waals surface area contributed by atoms with Gasteiger partial charge in [0.25, 0.3) is 15.7 Å². The highest BCUT2D eigenvalue weighted by Gasteiger charge is 2.33. The first-order chi connectivity index (χ1) is 20.0. The lowest BCUT2D eigenvalue weighted by molar-refractivity contribution is -0.384. The van der Waals surface area contributed by atoms with Gasteiger partial charge in [-0.15, -0.1) is 0 Å². The quantitative estimate of drug-likeness (QED) is 0.215. The molecule has 0 bridgehead atoms. The molecule has 42 heavy (non-hydrogen) atoms. The molecule has 3 aromatic carbocycles. The summed E-state index contributed by atoms with van der Waals surface area (Å²) in [6.07, 6.45) is 0.286. The zero-order valence-corrected chi connectivity index (χ0v) is 24.9. The Morgan fingerprint density at radius 3 is 2.12 bits per heavy atom. The van der Waals surface area contributed by atoms with Gasteiger partial charge in [-0.25, -0.2) is 8.42 Å². The summed E-state index contributed by atoms with van der Waals surface area (Å²) in [7, 11) is -2.73. The topological polar surface area (TPSA) is 139 Å². The lowest BCUT2D eigenvalue weighted by Gasteiger charge is -2.33. The summed E-state index contributed by atoms with van der Waals surface area (Å²) in [6.45, 7) is 5.51. The largest absolute Gasteiger partial charge is 0.497 e. The molecule has 0 aliphatic heterocycles. The fourth-order valence-corrected chi connectivity index (χ4v) is 5.69. The van der Waals surface area contributed by atoms with E-state index in [2.05, 4.69) is 5.32 Å². The zero-order valence-electron chi connectivity index (χ0n) is 24.1. The van der Waals surface area contributed by atoms with Crippen LogP contribution in [0.1, 0.15) is 32.8 Å². The van der Waals surface area contributed by atoms with Gasteiger partial charge in [0, 0.05) is 25.2 Å². The van der Waals surface area contributed by atoms with E-state index in [4.69, 9.17) is 4.74 Å². The van der Waals surface area contributed by atoms with E-state index in [1.807, 2.05) is 13.8 Å². The van der Waals surface area contributed by atoms with E-state index < -0.39 is 33.4 Å². The summed E-state index contributed by atoms with van der Waals surface area (Å²) in [4.78, 5) is 39.3. The number of nitrogens with zero attached hydrogens (tertiary/aromatic N) is 3. The number of carbonyl (C=O) groups is 2. The van der Waals surface area contributed by atoms with Crippen LogP contribution in [0.15, 0.2) is 83.8 Å². The minimum atomic E-state index is -4.27. The van der Waals surface area contributed by atoms with Crippen molar-refractivity contribution in [3.05, 3.63) is 94.5 Å². The van der Waals surface area contributed by atoms with Gasteiger partial charge in [0.2, 0.25) is 11.8 Å². The van der Waals surface area contributed by atoms with E-state index in [9.17, 15) is 28.1 Å². The molecule has 0 saturated heterocycles. The average molecular weight is 597 g/mol. The second-order valence-corrected chi connectivity index (χ2v) is 11.9. The molecular weight excluding hydrogens is 560 g/mol. The maximum Gasteiger partial charge on any atom is 0.269 e. The molecule has 0 fully saturated rings. The summed E-state index contributed by atoms with van der Waals surface area (Å²) in [6, 6.07) is 18.7. The molecule has 1 N–H and O–H groups in total. The second kappa shape index (κ2) is 14.4. The standard InChI is InChI=1S/C30H36N4O7S/c1-5-28(30(36)31-19-22(2)3)32(20-23-11-17-26(41-4)18-12-23)29(35)21-33(24-13-15-25(16-14-24)34(37)38)42(39,40)27-9-7-6-8-10-27/h6-18,22,28H,5,19-21H2,1-4H3,(H,31,36)/t28-/m1/s1. The van der Waals surface area contributed by atoms with E-state index in [-0.39, 0.29) is 41.1 Å². The Morgan fingerprint density at radius 1 is 0.976 bits per heavy atom. The van der Waals surface area contributed by atoms with Gasteiger partial charge in [-0.1, -0.05) is 51.1 Å². The van der Waals surface area contributed by atoms with Crippen LogP contribution in [0.4, 0.5) is 11.4 Å². The van der Waals surface area contributed by atoms with Gasteiger partial charge in [-0.2, -0.15) is 0 Å². The number of carbonyl (C=O) groups excluding carboxylic acids is 2. The lowest BCUT2D eigenvalue weighted by Crippen LogP contribution is -2.52. The molecule has 12 heteroatoms. The molecule has 0 radical (unpaired) electrons. The van der Waals surface area contributed by atoms with Gasteiger partial charge in [-0.3, -0.25) is 24.0 Å². The number of nitro groups is 1. The van der Waals surface area contributed by atoms with Crippen molar-refractivity contribution >= 4 is 33.2 Å².